The van der Waals surface area contributed by atoms with Crippen LogP contribution in [0.3, 0.4) is 0 Å². The monoisotopic (exact) mass is 385 g/mol. The molecule has 0 N–H and O–H groups in total. The molecule has 2 aromatic heterocycles. The largest absolute Gasteiger partial charge is 0.348 e. The molecule has 4 fully saturated rings. The lowest BCUT2D eigenvalue weighted by molar-refractivity contribution is 0.106. The van der Waals surface area contributed by atoms with E-state index in [0.29, 0.717) is 18.0 Å². The molecule has 0 amide bonds. The lowest BCUT2D eigenvalue weighted by Crippen LogP contribution is -2.69. The molecular weight excluding hydrogens is 366 g/mol. The van der Waals surface area contributed by atoms with Crippen molar-refractivity contribution in [3.63, 3.8) is 0 Å². The van der Waals surface area contributed by atoms with Crippen molar-refractivity contribution >= 4 is 21.7 Å². The Bertz CT molecular complexity index is 733. The highest BCUT2D eigenvalue weighted by Crippen LogP contribution is 2.41. The highest BCUT2D eigenvalue weighted by molar-refractivity contribution is 9.10. The molecule has 124 valence electrons. The Balaban J connectivity index is 1.27. The van der Waals surface area contributed by atoms with E-state index in [1.54, 1.807) is 6.33 Å². The lowest BCUT2D eigenvalue weighted by Gasteiger charge is -2.57. The molecule has 0 spiro atoms. The summed E-state index contributed by atoms with van der Waals surface area (Å²) in [5.74, 6) is 1.82. The topological polar surface area (TPSA) is 45.2 Å². The van der Waals surface area contributed by atoms with E-state index < -0.39 is 0 Å². The number of hydrogen-bond donors (Lipinski definition) is 0. The number of hydrogen-bond acceptors (Lipinski definition) is 5. The van der Waals surface area contributed by atoms with Gasteiger partial charge in [-0.05, 0) is 47.3 Å². The van der Waals surface area contributed by atoms with E-state index >= 15 is 0 Å². The number of fused-ring (bicyclic) bond motifs is 2. The Morgan fingerprint density at radius 2 is 1.92 bits per heavy atom. The third kappa shape index (κ3) is 2.71. The first-order chi connectivity index (χ1) is 11.8. The van der Waals surface area contributed by atoms with Gasteiger partial charge < -0.3 is 4.90 Å². The van der Waals surface area contributed by atoms with Gasteiger partial charge in [0.2, 0.25) is 0 Å². The number of piperazine rings is 1. The summed E-state index contributed by atoms with van der Waals surface area (Å²) in [4.78, 5) is 18.5. The van der Waals surface area contributed by atoms with Crippen LogP contribution >= 0.6 is 15.9 Å². The van der Waals surface area contributed by atoms with E-state index in [0.717, 1.165) is 35.6 Å². The van der Waals surface area contributed by atoms with Crippen LogP contribution in [0.2, 0.25) is 0 Å². The van der Waals surface area contributed by atoms with Crippen molar-refractivity contribution in [2.75, 3.05) is 18.0 Å². The Morgan fingerprint density at radius 1 is 1.08 bits per heavy atom. The molecule has 5 nitrogen and oxygen atoms in total. The Labute approximate surface area is 150 Å². The number of halogens is 1. The average molecular weight is 386 g/mol. The van der Waals surface area contributed by atoms with Gasteiger partial charge in [-0.25, -0.2) is 9.97 Å². The van der Waals surface area contributed by atoms with Gasteiger partial charge in [0.25, 0.3) is 0 Å². The molecule has 0 radical (unpaired) electrons. The predicted octanol–water partition coefficient (Wildman–Crippen LogP) is 2.97. The quantitative estimate of drug-likeness (QED) is 0.809. The minimum Gasteiger partial charge on any atom is -0.348 e. The second-order valence-electron chi connectivity index (χ2n) is 7.19. The lowest BCUT2D eigenvalue weighted by atomic mass is 9.87. The zero-order chi connectivity index (χ0) is 16.1. The van der Waals surface area contributed by atoms with Gasteiger partial charge in [0.15, 0.2) is 0 Å². The Hall–Kier alpha value is -1.53. The fourth-order valence-electron chi connectivity index (χ4n) is 4.03. The van der Waals surface area contributed by atoms with Gasteiger partial charge >= 0.3 is 0 Å². The normalized spacial score (nSPS) is 26.3. The van der Waals surface area contributed by atoms with Crippen LogP contribution in [0.25, 0.3) is 0 Å². The first-order valence-electron chi connectivity index (χ1n) is 8.69. The van der Waals surface area contributed by atoms with E-state index in [1.807, 2.05) is 6.20 Å². The molecular formula is C18H20BrN5. The van der Waals surface area contributed by atoms with Crippen LogP contribution in [0.4, 0.5) is 5.82 Å². The molecule has 1 aliphatic carbocycles. The van der Waals surface area contributed by atoms with E-state index in [1.165, 1.54) is 25.0 Å². The summed E-state index contributed by atoms with van der Waals surface area (Å²) in [6, 6.07) is 7.57. The first-order valence-corrected chi connectivity index (χ1v) is 9.48. The zero-order valence-electron chi connectivity index (χ0n) is 13.5. The summed E-state index contributed by atoms with van der Waals surface area (Å²) in [5, 5.41) is 0. The zero-order valence-corrected chi connectivity index (χ0v) is 15.1. The number of anilines is 1. The second-order valence-corrected chi connectivity index (χ2v) is 8.10. The summed E-state index contributed by atoms with van der Waals surface area (Å²) in [6.07, 6.45) is 7.49. The smallest absolute Gasteiger partial charge is 0.132 e. The number of nitrogens with zero attached hydrogens (tertiary/aromatic N) is 5. The van der Waals surface area contributed by atoms with Gasteiger partial charge in [-0.3, -0.25) is 9.88 Å². The molecule has 6 rings (SSSR count). The molecule has 2 atom stereocenters. The van der Waals surface area contributed by atoms with Crippen LogP contribution in [-0.4, -0.2) is 45.0 Å². The molecule has 2 unspecified atom stereocenters. The number of rotatable bonds is 4. The van der Waals surface area contributed by atoms with Crippen LogP contribution in [0.15, 0.2) is 35.2 Å². The maximum atomic E-state index is 4.55. The molecule has 1 saturated carbocycles. The van der Waals surface area contributed by atoms with Crippen molar-refractivity contribution in [1.29, 1.82) is 0 Å². The summed E-state index contributed by atoms with van der Waals surface area (Å²) in [5.41, 5.74) is 2.38. The molecule has 3 aliphatic heterocycles. The highest BCUT2D eigenvalue weighted by Gasteiger charge is 2.45. The number of piperidine rings is 1. The summed E-state index contributed by atoms with van der Waals surface area (Å²) >= 11 is 3.45. The van der Waals surface area contributed by atoms with Gasteiger partial charge in [0.1, 0.15) is 12.1 Å². The molecule has 4 aliphatic rings. The van der Waals surface area contributed by atoms with E-state index in [-0.39, 0.29) is 0 Å². The van der Waals surface area contributed by atoms with E-state index in [2.05, 4.69) is 58.9 Å². The van der Waals surface area contributed by atoms with E-state index in [4.69, 9.17) is 0 Å². The molecule has 6 heteroatoms. The number of pyridine rings is 1. The van der Waals surface area contributed by atoms with Gasteiger partial charge in [0, 0.05) is 60.1 Å². The molecule has 2 aromatic rings. The number of aromatic nitrogens is 3. The standard InChI is InChI=1S/C18H20BrN5/c19-13-3-4-14(20-7-13)8-23-9-15-5-16(10-23)24(15)18-6-17(12-1-2-12)21-11-22-18/h3-4,6-7,11-12,15-16H,1-2,5,8-10H2. The summed E-state index contributed by atoms with van der Waals surface area (Å²) in [7, 11) is 0. The first kappa shape index (κ1) is 14.8. The van der Waals surface area contributed by atoms with Crippen LogP contribution in [0.1, 0.15) is 36.6 Å². The maximum absolute atomic E-state index is 4.55. The third-order valence-corrected chi connectivity index (χ3v) is 5.85. The van der Waals surface area contributed by atoms with Gasteiger partial charge in [-0.2, -0.15) is 0 Å². The van der Waals surface area contributed by atoms with Crippen LogP contribution in [0.5, 0.6) is 0 Å². The van der Waals surface area contributed by atoms with Crippen molar-refractivity contribution in [3.8, 4) is 0 Å². The molecule has 5 heterocycles. The van der Waals surface area contributed by atoms with Crippen molar-refractivity contribution < 1.29 is 0 Å². The van der Waals surface area contributed by atoms with Gasteiger partial charge in [0.05, 0.1) is 5.69 Å². The Kier molecular flexibility index (Phi) is 3.56. The van der Waals surface area contributed by atoms with Crippen LogP contribution < -0.4 is 4.90 Å². The fourth-order valence-corrected chi connectivity index (χ4v) is 4.27. The third-order valence-electron chi connectivity index (χ3n) is 5.38. The summed E-state index contributed by atoms with van der Waals surface area (Å²) < 4.78 is 1.04. The second kappa shape index (κ2) is 5.77. The molecule has 2 bridgehead atoms. The van der Waals surface area contributed by atoms with Crippen LogP contribution in [0, 0.1) is 0 Å². The van der Waals surface area contributed by atoms with Gasteiger partial charge in [-0.1, -0.05) is 0 Å². The van der Waals surface area contributed by atoms with E-state index in [9.17, 15) is 0 Å². The van der Waals surface area contributed by atoms with Crippen LogP contribution in [-0.2, 0) is 6.54 Å². The van der Waals surface area contributed by atoms with Crippen molar-refractivity contribution in [1.82, 2.24) is 19.9 Å². The minimum absolute atomic E-state index is 0.584. The predicted molar refractivity (Wildman–Crippen MR) is 95.9 cm³/mol. The highest BCUT2D eigenvalue weighted by atomic mass is 79.9. The minimum atomic E-state index is 0.584. The Morgan fingerprint density at radius 3 is 2.62 bits per heavy atom. The van der Waals surface area contributed by atoms with Crippen molar-refractivity contribution in [3.05, 3.63) is 46.6 Å². The maximum Gasteiger partial charge on any atom is 0.132 e. The average Bonchev–Trinajstić information content (AvgIpc) is 3.42. The SMILES string of the molecule is Brc1ccc(CN2CC3CC(C2)N3c2cc(C3CC3)ncn2)nc1. The molecule has 3 saturated heterocycles. The summed E-state index contributed by atoms with van der Waals surface area (Å²) in [6.45, 7) is 3.12. The fraction of sp³-hybridized carbons (Fsp3) is 0.500. The van der Waals surface area contributed by atoms with Crippen molar-refractivity contribution in [2.24, 2.45) is 0 Å². The molecule has 24 heavy (non-hydrogen) atoms. The van der Waals surface area contributed by atoms with Crippen molar-refractivity contribution in [2.45, 2.75) is 43.8 Å². The molecule has 0 aromatic carbocycles. The van der Waals surface area contributed by atoms with Gasteiger partial charge in [-0.15, -0.1) is 0 Å².